The summed E-state index contributed by atoms with van der Waals surface area (Å²) in [7, 11) is 0. The van der Waals surface area contributed by atoms with Crippen molar-refractivity contribution >= 4 is 17.5 Å². The third-order valence-electron chi connectivity index (χ3n) is 3.64. The van der Waals surface area contributed by atoms with E-state index >= 15 is 0 Å². The number of aryl methyl sites for hydroxylation is 1. The fourth-order valence-electron chi connectivity index (χ4n) is 2.43. The summed E-state index contributed by atoms with van der Waals surface area (Å²) in [6.45, 7) is 7.62. The molecule has 2 amide bonds. The van der Waals surface area contributed by atoms with Crippen LogP contribution in [0.1, 0.15) is 32.8 Å². The number of benzene rings is 1. The topological polar surface area (TPSA) is 49.4 Å². The third kappa shape index (κ3) is 3.23. The molecule has 5 heteroatoms. The molecule has 1 aromatic carbocycles. The maximum Gasteiger partial charge on any atom is 0.250 e. The number of nitrogens with zero attached hydrogens (tertiary/aromatic N) is 1. The highest BCUT2D eigenvalue weighted by Crippen LogP contribution is 2.28. The Balaban J connectivity index is 2.42. The van der Waals surface area contributed by atoms with Crippen LogP contribution >= 0.6 is 0 Å². The van der Waals surface area contributed by atoms with Crippen LogP contribution in [0.3, 0.4) is 0 Å². The molecule has 0 aliphatic carbocycles. The number of hydrogen-bond donors (Lipinski definition) is 1. The molecule has 1 aromatic rings. The van der Waals surface area contributed by atoms with Crippen LogP contribution in [-0.2, 0) is 9.59 Å². The van der Waals surface area contributed by atoms with Crippen molar-refractivity contribution in [1.82, 2.24) is 5.32 Å². The lowest BCUT2D eigenvalue weighted by Gasteiger charge is -2.32. The fourth-order valence-corrected chi connectivity index (χ4v) is 2.43. The van der Waals surface area contributed by atoms with Gasteiger partial charge in [-0.15, -0.1) is 0 Å². The monoisotopic (exact) mass is 292 g/mol. The van der Waals surface area contributed by atoms with E-state index in [4.69, 9.17) is 0 Å². The molecule has 114 valence electrons. The molecule has 1 aliphatic heterocycles. The maximum absolute atomic E-state index is 14.2. The lowest BCUT2D eigenvalue weighted by molar-refractivity contribution is -0.127. The lowest BCUT2D eigenvalue weighted by atomic mass is 9.86. The standard InChI is InChI=1S/C16H21FN2O2/c1-10-5-6-12(11(17)9-10)19-8-7-13(20)18-14(15(19)21)16(2,3)4/h5-6,9,14H,7-8H2,1-4H3,(H,18,20). The molecule has 4 nitrogen and oxygen atoms in total. The molecule has 1 saturated heterocycles. The second-order valence-electron chi connectivity index (χ2n) is 6.56. The molecule has 1 heterocycles. The Hall–Kier alpha value is -1.91. The Labute approximate surface area is 124 Å². The number of carbonyl (C=O) groups excluding carboxylic acids is 2. The van der Waals surface area contributed by atoms with Crippen LogP contribution < -0.4 is 10.2 Å². The normalized spacial score (nSPS) is 20.2. The molecule has 0 aromatic heterocycles. The lowest BCUT2D eigenvalue weighted by Crippen LogP contribution is -2.52. The van der Waals surface area contributed by atoms with Gasteiger partial charge in [0.15, 0.2) is 0 Å². The molecule has 0 bridgehead atoms. The highest BCUT2D eigenvalue weighted by atomic mass is 19.1. The Kier molecular flexibility index (Phi) is 4.03. The average molecular weight is 292 g/mol. The average Bonchev–Trinajstić information content (AvgIpc) is 2.50. The van der Waals surface area contributed by atoms with Crippen LogP contribution in [0.15, 0.2) is 18.2 Å². The van der Waals surface area contributed by atoms with Crippen LogP contribution in [0.25, 0.3) is 0 Å². The van der Waals surface area contributed by atoms with E-state index in [-0.39, 0.29) is 30.5 Å². The number of carbonyl (C=O) groups is 2. The van der Waals surface area contributed by atoms with Crippen molar-refractivity contribution in [3.05, 3.63) is 29.6 Å². The van der Waals surface area contributed by atoms with Gasteiger partial charge in [0.2, 0.25) is 11.8 Å². The minimum atomic E-state index is -0.659. The quantitative estimate of drug-likeness (QED) is 0.864. The van der Waals surface area contributed by atoms with E-state index in [9.17, 15) is 14.0 Å². The zero-order chi connectivity index (χ0) is 15.8. The maximum atomic E-state index is 14.2. The Morgan fingerprint density at radius 2 is 1.95 bits per heavy atom. The van der Waals surface area contributed by atoms with Gasteiger partial charge in [-0.3, -0.25) is 9.59 Å². The van der Waals surface area contributed by atoms with Crippen LogP contribution in [-0.4, -0.2) is 24.4 Å². The number of rotatable bonds is 1. The zero-order valence-corrected chi connectivity index (χ0v) is 12.9. The number of hydrogen-bond acceptors (Lipinski definition) is 2. The predicted octanol–water partition coefficient (Wildman–Crippen LogP) is 2.40. The molecule has 1 atom stereocenters. The minimum Gasteiger partial charge on any atom is -0.344 e. The molecule has 0 radical (unpaired) electrons. The first-order chi connectivity index (χ1) is 9.70. The predicted molar refractivity (Wildman–Crippen MR) is 79.5 cm³/mol. The van der Waals surface area contributed by atoms with Crippen molar-refractivity contribution in [2.75, 3.05) is 11.4 Å². The van der Waals surface area contributed by atoms with Crippen molar-refractivity contribution in [2.45, 2.75) is 40.2 Å². The van der Waals surface area contributed by atoms with E-state index in [1.165, 1.54) is 11.0 Å². The highest BCUT2D eigenvalue weighted by Gasteiger charge is 2.38. The molecular weight excluding hydrogens is 271 g/mol. The van der Waals surface area contributed by atoms with Gasteiger partial charge in [0.05, 0.1) is 5.69 Å². The molecule has 1 N–H and O–H groups in total. The van der Waals surface area contributed by atoms with E-state index in [0.717, 1.165) is 5.56 Å². The number of halogens is 1. The van der Waals surface area contributed by atoms with Crippen molar-refractivity contribution in [3.63, 3.8) is 0 Å². The zero-order valence-electron chi connectivity index (χ0n) is 12.9. The van der Waals surface area contributed by atoms with Crippen molar-refractivity contribution in [2.24, 2.45) is 5.41 Å². The van der Waals surface area contributed by atoms with E-state index in [2.05, 4.69) is 5.32 Å². The van der Waals surface area contributed by atoms with E-state index < -0.39 is 17.3 Å². The molecule has 1 fully saturated rings. The van der Waals surface area contributed by atoms with Gasteiger partial charge in [-0.05, 0) is 30.0 Å². The van der Waals surface area contributed by atoms with Crippen molar-refractivity contribution in [1.29, 1.82) is 0 Å². The molecule has 0 saturated carbocycles. The van der Waals surface area contributed by atoms with Gasteiger partial charge < -0.3 is 10.2 Å². The smallest absolute Gasteiger partial charge is 0.250 e. The molecule has 21 heavy (non-hydrogen) atoms. The first-order valence-electron chi connectivity index (χ1n) is 7.07. The Bertz CT molecular complexity index is 578. The van der Waals surface area contributed by atoms with Crippen LogP contribution in [0.5, 0.6) is 0 Å². The van der Waals surface area contributed by atoms with Gasteiger partial charge >= 0.3 is 0 Å². The molecule has 1 unspecified atom stereocenters. The first kappa shape index (κ1) is 15.5. The second-order valence-corrected chi connectivity index (χ2v) is 6.56. The molecule has 2 rings (SSSR count). The van der Waals surface area contributed by atoms with Gasteiger partial charge in [0.1, 0.15) is 11.9 Å². The summed E-state index contributed by atoms with van der Waals surface area (Å²) in [6.07, 6.45) is 0.172. The molecule has 1 aliphatic rings. The highest BCUT2D eigenvalue weighted by molar-refractivity contribution is 6.01. The second kappa shape index (κ2) is 5.47. The molecule has 0 spiro atoms. The van der Waals surface area contributed by atoms with E-state index in [1.807, 2.05) is 20.8 Å². The van der Waals surface area contributed by atoms with Crippen LogP contribution in [0.4, 0.5) is 10.1 Å². The minimum absolute atomic E-state index is 0.172. The summed E-state index contributed by atoms with van der Waals surface area (Å²) in [5, 5.41) is 2.75. The van der Waals surface area contributed by atoms with Gasteiger partial charge in [0.25, 0.3) is 0 Å². The van der Waals surface area contributed by atoms with Crippen molar-refractivity contribution in [3.8, 4) is 0 Å². The fraction of sp³-hybridized carbons (Fsp3) is 0.500. The van der Waals surface area contributed by atoms with E-state index in [1.54, 1.807) is 19.1 Å². The summed E-state index contributed by atoms with van der Waals surface area (Å²) in [6, 6.07) is 4.10. The number of amides is 2. The summed E-state index contributed by atoms with van der Waals surface area (Å²) in [4.78, 5) is 25.9. The summed E-state index contributed by atoms with van der Waals surface area (Å²) in [5.74, 6) is -0.889. The van der Waals surface area contributed by atoms with Gasteiger partial charge in [-0.1, -0.05) is 26.8 Å². The Morgan fingerprint density at radius 3 is 2.52 bits per heavy atom. The summed E-state index contributed by atoms with van der Waals surface area (Å²) < 4.78 is 14.2. The van der Waals surface area contributed by atoms with Gasteiger partial charge in [-0.25, -0.2) is 4.39 Å². The summed E-state index contributed by atoms with van der Waals surface area (Å²) >= 11 is 0. The van der Waals surface area contributed by atoms with Gasteiger partial charge in [0, 0.05) is 13.0 Å². The van der Waals surface area contributed by atoms with Crippen molar-refractivity contribution < 1.29 is 14.0 Å². The SMILES string of the molecule is Cc1ccc(N2CCC(=O)NC(C(C)(C)C)C2=O)c(F)c1. The van der Waals surface area contributed by atoms with Crippen LogP contribution in [0, 0.1) is 18.2 Å². The summed E-state index contributed by atoms with van der Waals surface area (Å²) in [5.41, 5.74) is 0.590. The Morgan fingerprint density at radius 1 is 1.29 bits per heavy atom. The van der Waals surface area contributed by atoms with Crippen LogP contribution in [0.2, 0.25) is 0 Å². The van der Waals surface area contributed by atoms with E-state index in [0.29, 0.717) is 0 Å². The number of anilines is 1. The third-order valence-corrected chi connectivity index (χ3v) is 3.64. The largest absolute Gasteiger partial charge is 0.344 e. The molecular formula is C16H21FN2O2. The first-order valence-corrected chi connectivity index (χ1v) is 7.07. The number of nitrogens with one attached hydrogen (secondary N) is 1. The van der Waals surface area contributed by atoms with Gasteiger partial charge in [-0.2, -0.15) is 0 Å².